The van der Waals surface area contributed by atoms with E-state index in [1.165, 1.54) is 4.88 Å². The van der Waals surface area contributed by atoms with Crippen LogP contribution < -0.4 is 5.73 Å². The van der Waals surface area contributed by atoms with Crippen LogP contribution in [-0.4, -0.2) is 10.1 Å². The molecule has 6 heteroatoms. The van der Waals surface area contributed by atoms with Crippen LogP contribution in [0.5, 0.6) is 0 Å². The van der Waals surface area contributed by atoms with Crippen molar-refractivity contribution in [3.05, 3.63) is 39.2 Å². The second-order valence-corrected chi connectivity index (χ2v) is 6.62. The monoisotopic (exact) mass is 349 g/mol. The lowest BCUT2D eigenvalue weighted by molar-refractivity contribution is 0.432. The quantitative estimate of drug-likeness (QED) is 0.743. The molecule has 2 N–H and O–H groups in total. The highest BCUT2D eigenvalue weighted by atomic mass is 79.9. The zero-order chi connectivity index (χ0) is 14.3. The smallest absolute Gasteiger partial charge is 0.261 e. The number of nitrogens with two attached hydrogens (primary N) is 1. The van der Waals surface area contributed by atoms with Gasteiger partial charge in [0.25, 0.3) is 5.89 Å². The van der Waals surface area contributed by atoms with Gasteiger partial charge in [0, 0.05) is 14.9 Å². The number of aryl methyl sites for hydroxylation is 1. The molecule has 4 nitrogen and oxygen atoms in total. The minimum absolute atomic E-state index is 0.474. The molecule has 0 amide bonds. The molecule has 3 rings (SSSR count). The van der Waals surface area contributed by atoms with E-state index in [0.29, 0.717) is 16.7 Å². The Bertz CT molecular complexity index is 761. The van der Waals surface area contributed by atoms with Crippen molar-refractivity contribution in [1.82, 2.24) is 10.1 Å². The summed E-state index contributed by atoms with van der Waals surface area (Å²) in [7, 11) is 0. The average molecular weight is 350 g/mol. The van der Waals surface area contributed by atoms with Crippen LogP contribution in [0.4, 0.5) is 5.00 Å². The van der Waals surface area contributed by atoms with E-state index in [-0.39, 0.29) is 0 Å². The zero-order valence-corrected chi connectivity index (χ0v) is 13.4. The number of thiophene rings is 1. The Labute approximate surface area is 128 Å². The summed E-state index contributed by atoms with van der Waals surface area (Å²) in [6.45, 7) is 4.05. The molecule has 0 atom stereocenters. The lowest BCUT2D eigenvalue weighted by Crippen LogP contribution is -1.86. The summed E-state index contributed by atoms with van der Waals surface area (Å²) in [5.74, 6) is 1.04. The molecule has 102 valence electrons. The first-order chi connectivity index (χ1) is 9.56. The van der Waals surface area contributed by atoms with Crippen molar-refractivity contribution in [3.8, 4) is 22.8 Å². The predicted molar refractivity (Wildman–Crippen MR) is 84.6 cm³/mol. The van der Waals surface area contributed by atoms with Gasteiger partial charge in [-0.25, -0.2) is 0 Å². The van der Waals surface area contributed by atoms with E-state index in [1.54, 1.807) is 11.3 Å². The molecule has 0 spiro atoms. The Morgan fingerprint density at radius 1 is 1.20 bits per heavy atom. The van der Waals surface area contributed by atoms with Crippen LogP contribution in [0.25, 0.3) is 22.8 Å². The van der Waals surface area contributed by atoms with E-state index >= 15 is 0 Å². The summed E-state index contributed by atoms with van der Waals surface area (Å²) in [5, 5.41) is 4.75. The topological polar surface area (TPSA) is 64.9 Å². The predicted octanol–water partition coefficient (Wildman–Crippen LogP) is 4.43. The number of anilines is 1. The summed E-state index contributed by atoms with van der Waals surface area (Å²) in [6.07, 6.45) is 0. The van der Waals surface area contributed by atoms with Crippen molar-refractivity contribution in [2.24, 2.45) is 0 Å². The van der Waals surface area contributed by atoms with E-state index in [4.69, 9.17) is 10.3 Å². The molecule has 0 aliphatic heterocycles. The molecule has 0 aliphatic carbocycles. The molecule has 0 radical (unpaired) electrons. The number of hydrogen-bond acceptors (Lipinski definition) is 5. The van der Waals surface area contributed by atoms with Gasteiger partial charge in [-0.15, -0.1) is 11.3 Å². The van der Waals surface area contributed by atoms with Gasteiger partial charge in [0.1, 0.15) is 0 Å². The van der Waals surface area contributed by atoms with E-state index in [0.717, 1.165) is 21.2 Å². The molecule has 0 saturated heterocycles. The largest absolute Gasteiger partial charge is 0.390 e. The lowest BCUT2D eigenvalue weighted by Gasteiger charge is -1.95. The molecule has 0 fully saturated rings. The third kappa shape index (κ3) is 2.25. The summed E-state index contributed by atoms with van der Waals surface area (Å²) < 4.78 is 6.38. The fraction of sp³-hybridized carbons (Fsp3) is 0.143. The molecule has 2 heterocycles. The first kappa shape index (κ1) is 13.3. The van der Waals surface area contributed by atoms with Gasteiger partial charge in [-0.2, -0.15) is 4.98 Å². The van der Waals surface area contributed by atoms with E-state index in [1.807, 2.05) is 38.1 Å². The number of hydrogen-bond donors (Lipinski definition) is 1. The highest BCUT2D eigenvalue weighted by Crippen LogP contribution is 2.37. The van der Waals surface area contributed by atoms with Gasteiger partial charge in [0.05, 0.1) is 10.6 Å². The van der Waals surface area contributed by atoms with Crippen LogP contribution in [0.3, 0.4) is 0 Å². The molecule has 3 aromatic rings. The standard InChI is InChI=1S/C14H12BrN3OS/c1-7-8(2)20-12(16)11(7)14-17-13(18-19-14)9-3-5-10(15)6-4-9/h3-6H,16H2,1-2H3. The maximum atomic E-state index is 6.03. The third-order valence-electron chi connectivity index (χ3n) is 3.15. The lowest BCUT2D eigenvalue weighted by atomic mass is 10.1. The number of aromatic nitrogens is 2. The van der Waals surface area contributed by atoms with Crippen molar-refractivity contribution in [2.45, 2.75) is 13.8 Å². The molecule has 2 aromatic heterocycles. The van der Waals surface area contributed by atoms with Gasteiger partial charge in [-0.1, -0.05) is 21.1 Å². The molecular weight excluding hydrogens is 338 g/mol. The fourth-order valence-corrected chi connectivity index (χ4v) is 3.15. The van der Waals surface area contributed by atoms with Gasteiger partial charge < -0.3 is 10.3 Å². The second kappa shape index (κ2) is 5.03. The Hall–Kier alpha value is -1.66. The molecule has 0 bridgehead atoms. The first-order valence-electron chi connectivity index (χ1n) is 6.01. The SMILES string of the molecule is Cc1sc(N)c(-c2nc(-c3ccc(Br)cc3)no2)c1C. The summed E-state index contributed by atoms with van der Waals surface area (Å²) >= 11 is 4.94. The van der Waals surface area contributed by atoms with E-state index < -0.39 is 0 Å². The molecule has 0 unspecified atom stereocenters. The second-order valence-electron chi connectivity index (χ2n) is 4.45. The van der Waals surface area contributed by atoms with Gasteiger partial charge in [0.2, 0.25) is 5.82 Å². The molecule has 0 aliphatic rings. The summed E-state index contributed by atoms with van der Waals surface area (Å²) in [5.41, 5.74) is 8.88. The number of nitrogen functional groups attached to an aromatic ring is 1. The molecule has 0 saturated carbocycles. The van der Waals surface area contributed by atoms with Crippen molar-refractivity contribution in [2.75, 3.05) is 5.73 Å². The first-order valence-corrected chi connectivity index (χ1v) is 7.62. The number of benzene rings is 1. The fourth-order valence-electron chi connectivity index (χ4n) is 1.96. The highest BCUT2D eigenvalue weighted by Gasteiger charge is 2.18. The van der Waals surface area contributed by atoms with Gasteiger partial charge >= 0.3 is 0 Å². The highest BCUT2D eigenvalue weighted by molar-refractivity contribution is 9.10. The van der Waals surface area contributed by atoms with Crippen molar-refractivity contribution < 1.29 is 4.52 Å². The van der Waals surface area contributed by atoms with Crippen LogP contribution in [-0.2, 0) is 0 Å². The van der Waals surface area contributed by atoms with Crippen LogP contribution in [0, 0.1) is 13.8 Å². The van der Waals surface area contributed by atoms with Crippen LogP contribution >= 0.6 is 27.3 Å². The van der Waals surface area contributed by atoms with Gasteiger partial charge in [0.15, 0.2) is 0 Å². The Balaban J connectivity index is 2.04. The van der Waals surface area contributed by atoms with Crippen molar-refractivity contribution in [3.63, 3.8) is 0 Å². The van der Waals surface area contributed by atoms with Gasteiger partial charge in [-0.05, 0) is 43.7 Å². The Morgan fingerprint density at radius 3 is 2.50 bits per heavy atom. The maximum absolute atomic E-state index is 6.03. The van der Waals surface area contributed by atoms with Gasteiger partial charge in [-0.3, -0.25) is 0 Å². The summed E-state index contributed by atoms with van der Waals surface area (Å²) in [6, 6.07) is 7.76. The zero-order valence-electron chi connectivity index (χ0n) is 11.0. The van der Waals surface area contributed by atoms with Crippen molar-refractivity contribution >= 4 is 32.3 Å². The Morgan fingerprint density at radius 2 is 1.90 bits per heavy atom. The minimum atomic E-state index is 0.474. The molecule has 20 heavy (non-hydrogen) atoms. The normalized spacial score (nSPS) is 10.9. The number of nitrogens with zero attached hydrogens (tertiary/aromatic N) is 2. The van der Waals surface area contributed by atoms with Crippen LogP contribution in [0.2, 0.25) is 0 Å². The molecular formula is C14H12BrN3OS. The molecule has 1 aromatic carbocycles. The van der Waals surface area contributed by atoms with E-state index in [9.17, 15) is 0 Å². The average Bonchev–Trinajstić information content (AvgIpc) is 2.97. The maximum Gasteiger partial charge on any atom is 0.261 e. The van der Waals surface area contributed by atoms with E-state index in [2.05, 4.69) is 26.1 Å². The van der Waals surface area contributed by atoms with Crippen LogP contribution in [0.15, 0.2) is 33.3 Å². The van der Waals surface area contributed by atoms with Crippen LogP contribution in [0.1, 0.15) is 10.4 Å². The Kier molecular flexibility index (Phi) is 3.35. The number of rotatable bonds is 2. The third-order valence-corrected chi connectivity index (χ3v) is 4.72. The number of halogens is 1. The van der Waals surface area contributed by atoms with Crippen molar-refractivity contribution in [1.29, 1.82) is 0 Å². The minimum Gasteiger partial charge on any atom is -0.390 e. The summed E-state index contributed by atoms with van der Waals surface area (Å²) in [4.78, 5) is 5.62.